The molecule has 0 aliphatic rings. The molecule has 0 saturated heterocycles. The third-order valence-electron chi connectivity index (χ3n) is 4.06. The van der Waals surface area contributed by atoms with E-state index in [1.54, 1.807) is 54.2 Å². The summed E-state index contributed by atoms with van der Waals surface area (Å²) in [5.74, 6) is 0. The highest BCUT2D eigenvalue weighted by molar-refractivity contribution is 7.98. The van der Waals surface area contributed by atoms with Crippen molar-refractivity contribution >= 4 is 11.8 Å². The van der Waals surface area contributed by atoms with E-state index in [1.807, 2.05) is 18.4 Å². The minimum absolute atomic E-state index is 0.0453. The number of alkyl halides is 3. The van der Waals surface area contributed by atoms with Crippen molar-refractivity contribution in [3.05, 3.63) is 87.3 Å². The monoisotopic (exact) mass is 378 g/mol. The van der Waals surface area contributed by atoms with E-state index < -0.39 is 17.4 Å². The first-order valence-corrected chi connectivity index (χ1v) is 9.16. The van der Waals surface area contributed by atoms with E-state index in [0.29, 0.717) is 11.1 Å². The smallest absolute Gasteiger partial charge is 0.276 e. The highest BCUT2D eigenvalue weighted by Crippen LogP contribution is 2.32. The largest absolute Gasteiger partial charge is 0.433 e. The number of aromatic amines is 1. The summed E-state index contributed by atoms with van der Waals surface area (Å²) in [5.41, 5.74) is -0.538. The van der Waals surface area contributed by atoms with Gasteiger partial charge in [-0.05, 0) is 29.5 Å². The minimum Gasteiger partial charge on any atom is -0.276 e. The molecule has 2 aromatic carbocycles. The molecule has 26 heavy (non-hydrogen) atoms. The van der Waals surface area contributed by atoms with Crippen LogP contribution in [0.2, 0.25) is 0 Å². The van der Waals surface area contributed by atoms with Gasteiger partial charge in [0.05, 0.1) is 12.1 Å². The van der Waals surface area contributed by atoms with Crippen molar-refractivity contribution in [1.29, 1.82) is 0 Å². The van der Waals surface area contributed by atoms with Crippen LogP contribution >= 0.6 is 11.8 Å². The van der Waals surface area contributed by atoms with Gasteiger partial charge in [-0.3, -0.25) is 14.6 Å². The molecule has 3 rings (SSSR count). The van der Waals surface area contributed by atoms with Gasteiger partial charge in [0.25, 0.3) is 5.56 Å². The molecule has 3 aromatic rings. The number of aromatic nitrogens is 2. The topological polar surface area (TPSA) is 37.8 Å². The molecule has 0 unspecified atom stereocenters. The molecule has 0 bridgehead atoms. The number of rotatable bonds is 5. The Bertz CT molecular complexity index is 928. The van der Waals surface area contributed by atoms with E-state index in [2.05, 4.69) is 5.10 Å². The third kappa shape index (κ3) is 4.04. The second-order valence-electron chi connectivity index (χ2n) is 5.86. The van der Waals surface area contributed by atoms with Gasteiger partial charge in [-0.25, -0.2) is 0 Å². The van der Waals surface area contributed by atoms with Gasteiger partial charge in [-0.15, -0.1) is 11.8 Å². The molecular formula is C19H17F3N2OS. The molecule has 7 heteroatoms. The van der Waals surface area contributed by atoms with E-state index in [9.17, 15) is 18.0 Å². The van der Waals surface area contributed by atoms with Crippen molar-refractivity contribution in [2.24, 2.45) is 0 Å². The number of hydrogen-bond donors (Lipinski definition) is 1. The van der Waals surface area contributed by atoms with E-state index >= 15 is 0 Å². The SMILES string of the molecule is CSc1ccc(Cc2c(C(F)(F)F)n(Cc3ccccc3)[nH]c2=O)cc1. The van der Waals surface area contributed by atoms with Crippen molar-refractivity contribution in [2.75, 3.05) is 6.26 Å². The van der Waals surface area contributed by atoms with Crippen LogP contribution in [-0.2, 0) is 19.1 Å². The fraction of sp³-hybridized carbons (Fsp3) is 0.211. The van der Waals surface area contributed by atoms with E-state index in [4.69, 9.17) is 0 Å². The summed E-state index contributed by atoms with van der Waals surface area (Å²) in [6.07, 6.45) is -2.77. The van der Waals surface area contributed by atoms with Gasteiger partial charge >= 0.3 is 6.18 Å². The van der Waals surface area contributed by atoms with Crippen LogP contribution in [-0.4, -0.2) is 16.0 Å². The van der Waals surface area contributed by atoms with Crippen LogP contribution in [0.3, 0.4) is 0 Å². The summed E-state index contributed by atoms with van der Waals surface area (Å²) in [4.78, 5) is 13.3. The number of hydrogen-bond acceptors (Lipinski definition) is 2. The Labute approximate surface area is 152 Å². The zero-order valence-corrected chi connectivity index (χ0v) is 14.8. The number of nitrogens with zero attached hydrogens (tertiary/aromatic N) is 1. The highest BCUT2D eigenvalue weighted by atomic mass is 32.2. The molecule has 0 radical (unpaired) electrons. The van der Waals surface area contributed by atoms with Gasteiger partial charge in [0, 0.05) is 11.3 Å². The zero-order valence-electron chi connectivity index (χ0n) is 14.0. The van der Waals surface area contributed by atoms with Gasteiger partial charge in [0.2, 0.25) is 0 Å². The van der Waals surface area contributed by atoms with Crippen molar-refractivity contribution in [3.63, 3.8) is 0 Å². The van der Waals surface area contributed by atoms with Gasteiger partial charge in [0.1, 0.15) is 5.69 Å². The maximum absolute atomic E-state index is 13.7. The Balaban J connectivity index is 2.00. The normalized spacial score (nSPS) is 11.7. The zero-order chi connectivity index (χ0) is 18.7. The van der Waals surface area contributed by atoms with Gasteiger partial charge in [-0.1, -0.05) is 42.5 Å². The maximum atomic E-state index is 13.7. The van der Waals surface area contributed by atoms with Gasteiger partial charge in [0.15, 0.2) is 0 Å². The highest BCUT2D eigenvalue weighted by Gasteiger charge is 2.39. The molecule has 3 nitrogen and oxygen atoms in total. The summed E-state index contributed by atoms with van der Waals surface area (Å²) < 4.78 is 41.9. The minimum atomic E-state index is -4.62. The summed E-state index contributed by atoms with van der Waals surface area (Å²) in [6, 6.07) is 15.9. The number of H-pyrrole nitrogens is 1. The lowest BCUT2D eigenvalue weighted by atomic mass is 10.0. The summed E-state index contributed by atoms with van der Waals surface area (Å²) in [5, 5.41) is 2.35. The Kier molecular flexibility index (Phi) is 5.27. The van der Waals surface area contributed by atoms with Crippen LogP contribution in [0.25, 0.3) is 0 Å². The van der Waals surface area contributed by atoms with Crippen molar-refractivity contribution in [2.45, 2.75) is 24.0 Å². The fourth-order valence-corrected chi connectivity index (χ4v) is 3.24. The van der Waals surface area contributed by atoms with Crippen LogP contribution < -0.4 is 5.56 Å². The Hall–Kier alpha value is -2.41. The molecule has 0 aliphatic carbocycles. The van der Waals surface area contributed by atoms with Crippen molar-refractivity contribution < 1.29 is 13.2 Å². The molecule has 0 spiro atoms. The molecule has 136 valence electrons. The average Bonchev–Trinajstić information content (AvgIpc) is 2.91. The van der Waals surface area contributed by atoms with E-state index in [1.165, 1.54) is 0 Å². The summed E-state index contributed by atoms with van der Waals surface area (Å²) in [6.45, 7) is -0.0453. The molecular weight excluding hydrogens is 361 g/mol. The second kappa shape index (κ2) is 7.45. The Morgan fingerprint density at radius 2 is 1.65 bits per heavy atom. The van der Waals surface area contributed by atoms with Gasteiger partial charge < -0.3 is 0 Å². The quantitative estimate of drug-likeness (QED) is 0.661. The lowest BCUT2D eigenvalue weighted by Crippen LogP contribution is -2.17. The second-order valence-corrected chi connectivity index (χ2v) is 6.74. The Morgan fingerprint density at radius 3 is 2.23 bits per heavy atom. The molecule has 0 fully saturated rings. The van der Waals surface area contributed by atoms with E-state index in [0.717, 1.165) is 9.58 Å². The van der Waals surface area contributed by atoms with E-state index in [-0.39, 0.29) is 18.5 Å². The van der Waals surface area contributed by atoms with Crippen LogP contribution in [0, 0.1) is 0 Å². The Morgan fingerprint density at radius 1 is 1.00 bits per heavy atom. The first kappa shape index (κ1) is 18.4. The van der Waals surface area contributed by atoms with Crippen LogP contribution in [0.1, 0.15) is 22.4 Å². The van der Waals surface area contributed by atoms with Crippen LogP contribution in [0.5, 0.6) is 0 Å². The standard InChI is InChI=1S/C19H17F3N2OS/c1-26-15-9-7-13(8-10-15)11-16-17(19(20,21)22)24(23-18(16)25)12-14-5-3-2-4-6-14/h2-10H,11-12H2,1H3,(H,23,25). The maximum Gasteiger partial charge on any atom is 0.433 e. The molecule has 0 aliphatic heterocycles. The lowest BCUT2D eigenvalue weighted by Gasteiger charge is -2.13. The molecule has 1 N–H and O–H groups in total. The molecule has 0 amide bonds. The third-order valence-corrected chi connectivity index (χ3v) is 4.80. The predicted molar refractivity (Wildman–Crippen MR) is 96.6 cm³/mol. The lowest BCUT2D eigenvalue weighted by molar-refractivity contribution is -0.144. The van der Waals surface area contributed by atoms with Crippen molar-refractivity contribution in [3.8, 4) is 0 Å². The number of halogens is 3. The first-order valence-electron chi connectivity index (χ1n) is 7.94. The van der Waals surface area contributed by atoms with Crippen molar-refractivity contribution in [1.82, 2.24) is 9.78 Å². The first-order chi connectivity index (χ1) is 12.4. The average molecular weight is 378 g/mol. The van der Waals surface area contributed by atoms with Gasteiger partial charge in [-0.2, -0.15) is 13.2 Å². The summed E-state index contributed by atoms with van der Waals surface area (Å²) in [7, 11) is 0. The fourth-order valence-electron chi connectivity index (χ4n) is 2.84. The number of thioether (sulfide) groups is 1. The molecule has 1 heterocycles. The van der Waals surface area contributed by atoms with Crippen LogP contribution in [0.15, 0.2) is 64.3 Å². The number of benzene rings is 2. The number of nitrogens with one attached hydrogen (secondary N) is 1. The predicted octanol–water partition coefficient (Wildman–Crippen LogP) is 4.56. The summed E-state index contributed by atoms with van der Waals surface area (Å²) >= 11 is 1.55. The molecule has 0 saturated carbocycles. The molecule has 1 aromatic heterocycles. The van der Waals surface area contributed by atoms with Crippen LogP contribution in [0.4, 0.5) is 13.2 Å². The molecule has 0 atom stereocenters.